The molecule has 0 N–H and O–H groups in total. The maximum atomic E-state index is 13.9. The van der Waals surface area contributed by atoms with Crippen LogP contribution in [0.2, 0.25) is 0 Å². The normalized spacial score (nSPS) is 18.3. The van der Waals surface area contributed by atoms with Crippen molar-refractivity contribution in [3.05, 3.63) is 142 Å². The van der Waals surface area contributed by atoms with Gasteiger partial charge in [0, 0.05) is 21.5 Å². The number of fused-ring (bicyclic) bond motifs is 3. The van der Waals surface area contributed by atoms with Crippen molar-refractivity contribution in [2.45, 2.75) is 77.8 Å². The van der Waals surface area contributed by atoms with E-state index in [1.807, 2.05) is 18.2 Å². The summed E-state index contributed by atoms with van der Waals surface area (Å²) in [6.07, 6.45) is 0. The molecule has 58 heavy (non-hydrogen) atoms. The minimum atomic E-state index is -0.561. The van der Waals surface area contributed by atoms with Gasteiger partial charge >= 0.3 is 14.2 Å². The molecule has 2 heterocycles. The van der Waals surface area contributed by atoms with E-state index in [4.69, 9.17) is 18.6 Å². The Labute approximate surface area is 338 Å². The van der Waals surface area contributed by atoms with Crippen molar-refractivity contribution in [3.63, 3.8) is 0 Å². The summed E-state index contributed by atoms with van der Waals surface area (Å²) >= 11 is 0. The van der Waals surface area contributed by atoms with Crippen LogP contribution in [0.3, 0.4) is 0 Å². The summed E-state index contributed by atoms with van der Waals surface area (Å²) in [7, 11) is -1.11. The van der Waals surface area contributed by atoms with Gasteiger partial charge in [0.1, 0.15) is 0 Å². The highest BCUT2D eigenvalue weighted by Crippen LogP contribution is 2.50. The van der Waals surface area contributed by atoms with Gasteiger partial charge in [-0.15, -0.1) is 0 Å². The lowest BCUT2D eigenvalue weighted by atomic mass is 9.75. The van der Waals surface area contributed by atoms with Crippen LogP contribution >= 0.6 is 0 Å². The second-order valence-electron chi connectivity index (χ2n) is 18.0. The van der Waals surface area contributed by atoms with E-state index in [9.17, 15) is 9.59 Å². The van der Waals surface area contributed by atoms with Crippen molar-refractivity contribution in [1.82, 2.24) is 0 Å². The predicted octanol–water partition coefficient (Wildman–Crippen LogP) is 9.49. The molecule has 6 nitrogen and oxygen atoms in total. The van der Waals surface area contributed by atoms with E-state index in [-0.39, 0.29) is 0 Å². The number of benzene rings is 8. The first-order valence-corrected chi connectivity index (χ1v) is 20.1. The van der Waals surface area contributed by atoms with Crippen LogP contribution in [-0.2, 0) is 18.6 Å². The van der Waals surface area contributed by atoms with Gasteiger partial charge in [0.2, 0.25) is 10.9 Å². The second-order valence-corrected chi connectivity index (χ2v) is 18.0. The van der Waals surface area contributed by atoms with Crippen molar-refractivity contribution in [3.8, 4) is 33.4 Å². The summed E-state index contributed by atoms with van der Waals surface area (Å²) in [5, 5.41) is 6.27. The zero-order valence-corrected chi connectivity index (χ0v) is 34.2. The third-order valence-corrected chi connectivity index (χ3v) is 13.4. The van der Waals surface area contributed by atoms with Gasteiger partial charge in [0.05, 0.1) is 22.4 Å². The van der Waals surface area contributed by atoms with Crippen LogP contribution in [0.15, 0.2) is 131 Å². The zero-order valence-electron chi connectivity index (χ0n) is 34.2. The van der Waals surface area contributed by atoms with Crippen LogP contribution < -0.4 is 21.8 Å². The fraction of sp³-hybridized carbons (Fsp3) is 0.240. The molecule has 0 amide bonds. The highest BCUT2D eigenvalue weighted by molar-refractivity contribution is 6.62. The first-order valence-electron chi connectivity index (χ1n) is 20.1. The SMILES string of the molecule is CC1(C)OB(c2cccc(-c3cc(-c4ccccc4)c(-c4cccc(B5OC(C)(C)C(C)(C)O5)c4)c4c5cccc6c(=O)c(=O)c7cccc(c34)c7c65)c2)OC1(C)C. The number of hydrogen-bond acceptors (Lipinski definition) is 6. The fourth-order valence-electron chi connectivity index (χ4n) is 8.94. The Kier molecular flexibility index (Phi) is 8.00. The van der Waals surface area contributed by atoms with E-state index < -0.39 is 47.5 Å². The molecule has 286 valence electrons. The Morgan fingerprint density at radius 1 is 0.379 bits per heavy atom. The maximum absolute atomic E-state index is 13.9. The molecule has 0 aromatic heterocycles. The Morgan fingerprint density at radius 3 is 1.31 bits per heavy atom. The molecule has 0 radical (unpaired) electrons. The number of hydrogen-bond donors (Lipinski definition) is 0. The molecule has 0 unspecified atom stereocenters. The fourth-order valence-corrected chi connectivity index (χ4v) is 8.94. The van der Waals surface area contributed by atoms with Gasteiger partial charge in [-0.1, -0.05) is 115 Å². The first kappa shape index (κ1) is 36.9. The smallest absolute Gasteiger partial charge is 0.399 e. The molecule has 10 rings (SSSR count). The maximum Gasteiger partial charge on any atom is 0.494 e. The largest absolute Gasteiger partial charge is 0.494 e. The quantitative estimate of drug-likeness (QED) is 0.0754. The lowest BCUT2D eigenvalue weighted by Gasteiger charge is -2.32. The topological polar surface area (TPSA) is 71.1 Å². The monoisotopic (exact) mass is 762 g/mol. The first-order chi connectivity index (χ1) is 27.6. The summed E-state index contributed by atoms with van der Waals surface area (Å²) in [6, 6.07) is 41.2. The van der Waals surface area contributed by atoms with Crippen molar-refractivity contribution in [2.24, 2.45) is 0 Å². The van der Waals surface area contributed by atoms with Crippen LogP contribution in [0.4, 0.5) is 0 Å². The molecule has 2 aliphatic rings. The van der Waals surface area contributed by atoms with Crippen LogP contribution in [0.25, 0.3) is 76.5 Å². The van der Waals surface area contributed by atoms with Crippen LogP contribution in [-0.4, -0.2) is 36.6 Å². The zero-order chi connectivity index (χ0) is 40.5. The van der Waals surface area contributed by atoms with Crippen LogP contribution in [0, 0.1) is 0 Å². The average molecular weight is 763 g/mol. The van der Waals surface area contributed by atoms with E-state index in [1.165, 1.54) is 0 Å². The third kappa shape index (κ3) is 5.35. The highest BCUT2D eigenvalue weighted by Gasteiger charge is 2.53. The van der Waals surface area contributed by atoms with Gasteiger partial charge in [0.15, 0.2) is 0 Å². The van der Waals surface area contributed by atoms with Crippen molar-refractivity contribution in [2.75, 3.05) is 0 Å². The summed E-state index contributed by atoms with van der Waals surface area (Å²) in [5.41, 5.74) is 4.88. The van der Waals surface area contributed by atoms with Gasteiger partial charge < -0.3 is 18.6 Å². The Balaban J connectivity index is 1.35. The number of rotatable bonds is 5. The summed E-state index contributed by atoms with van der Waals surface area (Å²) < 4.78 is 26.3. The lowest BCUT2D eigenvalue weighted by molar-refractivity contribution is 0.00578. The molecule has 8 aromatic carbocycles. The van der Waals surface area contributed by atoms with E-state index in [0.717, 1.165) is 76.6 Å². The minimum absolute atomic E-state index is 0.430. The summed E-state index contributed by atoms with van der Waals surface area (Å²) in [4.78, 5) is 27.7. The molecular formula is C50H44B2O6. The van der Waals surface area contributed by atoms with Gasteiger partial charge in [-0.3, -0.25) is 9.59 Å². The predicted molar refractivity (Wildman–Crippen MR) is 239 cm³/mol. The third-order valence-electron chi connectivity index (χ3n) is 13.4. The molecule has 0 saturated carbocycles. The Hall–Kier alpha value is -5.37. The molecule has 0 aliphatic carbocycles. The van der Waals surface area contributed by atoms with E-state index in [2.05, 4.69) is 146 Å². The van der Waals surface area contributed by atoms with E-state index in [1.54, 1.807) is 12.1 Å². The molecule has 2 aliphatic heterocycles. The second kappa shape index (κ2) is 12.6. The van der Waals surface area contributed by atoms with Crippen molar-refractivity contribution < 1.29 is 18.6 Å². The van der Waals surface area contributed by atoms with Crippen molar-refractivity contribution in [1.29, 1.82) is 0 Å². The molecule has 0 bridgehead atoms. The average Bonchev–Trinajstić information content (AvgIpc) is 3.58. The highest BCUT2D eigenvalue weighted by atomic mass is 16.7. The minimum Gasteiger partial charge on any atom is -0.399 e. The lowest BCUT2D eigenvalue weighted by Crippen LogP contribution is -2.41. The summed E-state index contributed by atoms with van der Waals surface area (Å²) in [5.74, 6) is 0. The molecular weight excluding hydrogens is 718 g/mol. The van der Waals surface area contributed by atoms with E-state index in [0.29, 0.717) is 10.8 Å². The van der Waals surface area contributed by atoms with E-state index >= 15 is 0 Å². The molecule has 8 aromatic rings. The molecule has 0 atom stereocenters. The van der Waals surface area contributed by atoms with Crippen LogP contribution in [0.5, 0.6) is 0 Å². The van der Waals surface area contributed by atoms with Gasteiger partial charge in [0.25, 0.3) is 0 Å². The summed E-state index contributed by atoms with van der Waals surface area (Å²) in [6.45, 7) is 16.5. The standard InChI is InChI=1S/C50H44B2O6/c1-47(2)48(3,4)56-51(55-47)32-20-12-18-30(26-32)39-28-38(29-16-10-9-11-17-29)40(31-19-13-21-33(27-31)52-57-49(5,6)50(7,8)58-52)44-35-23-15-25-37-42(35)41-34(43(39)44)22-14-24-36(41)45(53)46(37)54/h9-28H,1-8H3. The molecule has 8 heteroatoms. The Bertz CT molecular complexity index is 3050. The van der Waals surface area contributed by atoms with Gasteiger partial charge in [-0.05, 0) is 127 Å². The molecule has 2 saturated heterocycles. The molecule has 0 spiro atoms. The van der Waals surface area contributed by atoms with Gasteiger partial charge in [-0.25, -0.2) is 0 Å². The Morgan fingerprint density at radius 2 is 0.793 bits per heavy atom. The molecule has 2 fully saturated rings. The van der Waals surface area contributed by atoms with Gasteiger partial charge in [-0.2, -0.15) is 0 Å². The van der Waals surface area contributed by atoms with Crippen molar-refractivity contribution >= 4 is 68.3 Å². The van der Waals surface area contributed by atoms with Crippen LogP contribution in [0.1, 0.15) is 55.4 Å².